The Labute approximate surface area is 68.5 Å². The highest BCUT2D eigenvalue weighted by atomic mass is 15.0. The number of nitrogens with two attached hydrogens (primary N) is 1. The van der Waals surface area contributed by atoms with Crippen molar-refractivity contribution in [2.24, 2.45) is 5.73 Å². The van der Waals surface area contributed by atoms with E-state index in [2.05, 4.69) is 5.32 Å². The molecule has 2 rings (SSSR count). The fraction of sp³-hybridized carbons (Fsp3) is 1.00. The number of nitrogens with one attached hydrogen (secondary N) is 1. The fourth-order valence-electron chi connectivity index (χ4n) is 2.26. The minimum absolute atomic E-state index is 0.224. The average Bonchev–Trinajstić information content (AvgIpc) is 2.36. The zero-order valence-electron chi connectivity index (χ0n) is 7.10. The lowest BCUT2D eigenvalue weighted by atomic mass is 9.73. The van der Waals surface area contributed by atoms with Crippen LogP contribution in [-0.4, -0.2) is 18.1 Å². The maximum Gasteiger partial charge on any atom is 0.0169 e. The van der Waals surface area contributed by atoms with E-state index in [0.717, 1.165) is 6.04 Å². The molecular formula is C9H18N2. The highest BCUT2D eigenvalue weighted by Crippen LogP contribution is 2.34. The molecule has 1 aliphatic heterocycles. The Balaban J connectivity index is 1.79. The van der Waals surface area contributed by atoms with E-state index in [4.69, 9.17) is 5.73 Å². The summed E-state index contributed by atoms with van der Waals surface area (Å²) >= 11 is 0. The van der Waals surface area contributed by atoms with Crippen molar-refractivity contribution < 1.29 is 0 Å². The first-order valence-electron chi connectivity index (χ1n) is 4.81. The molecule has 2 fully saturated rings. The zero-order chi connectivity index (χ0) is 7.73. The molecule has 3 N–H and O–H groups in total. The molecule has 1 saturated heterocycles. The summed E-state index contributed by atoms with van der Waals surface area (Å²) in [6.45, 7) is 1.21. The van der Waals surface area contributed by atoms with Crippen LogP contribution in [0.3, 0.4) is 0 Å². The molecule has 0 aromatic carbocycles. The van der Waals surface area contributed by atoms with E-state index < -0.39 is 0 Å². The van der Waals surface area contributed by atoms with Gasteiger partial charge >= 0.3 is 0 Å². The molecule has 0 aromatic rings. The van der Waals surface area contributed by atoms with E-state index in [1.807, 2.05) is 0 Å². The second-order valence-corrected chi connectivity index (χ2v) is 4.21. The van der Waals surface area contributed by atoms with Crippen LogP contribution in [0.1, 0.15) is 38.5 Å². The molecule has 64 valence electrons. The maximum absolute atomic E-state index is 6.14. The molecule has 0 amide bonds. The van der Waals surface area contributed by atoms with Crippen molar-refractivity contribution in [2.75, 3.05) is 6.54 Å². The van der Waals surface area contributed by atoms with Gasteiger partial charge in [-0.2, -0.15) is 0 Å². The Kier molecular flexibility index (Phi) is 1.90. The SMILES string of the molecule is NC1(CC2CCCN2)CCC1. The van der Waals surface area contributed by atoms with Crippen molar-refractivity contribution in [1.82, 2.24) is 5.32 Å². The third-order valence-corrected chi connectivity index (χ3v) is 3.16. The van der Waals surface area contributed by atoms with E-state index in [1.54, 1.807) is 0 Å². The average molecular weight is 154 g/mol. The molecule has 1 atom stereocenters. The van der Waals surface area contributed by atoms with Crippen LogP contribution in [0.5, 0.6) is 0 Å². The molecule has 11 heavy (non-hydrogen) atoms. The lowest BCUT2D eigenvalue weighted by Gasteiger charge is -2.40. The van der Waals surface area contributed by atoms with E-state index in [-0.39, 0.29) is 5.54 Å². The van der Waals surface area contributed by atoms with Crippen LogP contribution in [0.4, 0.5) is 0 Å². The predicted molar refractivity (Wildman–Crippen MR) is 46.4 cm³/mol. The van der Waals surface area contributed by atoms with Crippen molar-refractivity contribution in [3.63, 3.8) is 0 Å². The van der Waals surface area contributed by atoms with E-state index >= 15 is 0 Å². The van der Waals surface area contributed by atoms with Gasteiger partial charge in [0.25, 0.3) is 0 Å². The van der Waals surface area contributed by atoms with Crippen LogP contribution < -0.4 is 11.1 Å². The fourth-order valence-corrected chi connectivity index (χ4v) is 2.26. The van der Waals surface area contributed by atoms with Crippen LogP contribution in [0.25, 0.3) is 0 Å². The van der Waals surface area contributed by atoms with Crippen molar-refractivity contribution in [2.45, 2.75) is 50.1 Å². The van der Waals surface area contributed by atoms with Crippen molar-refractivity contribution in [3.05, 3.63) is 0 Å². The summed E-state index contributed by atoms with van der Waals surface area (Å²) in [7, 11) is 0. The van der Waals surface area contributed by atoms with E-state index in [9.17, 15) is 0 Å². The standard InChI is InChI=1S/C9H18N2/c10-9(4-2-5-9)7-8-3-1-6-11-8/h8,11H,1-7,10H2. The molecular weight excluding hydrogens is 136 g/mol. The topological polar surface area (TPSA) is 38.0 Å². The molecule has 2 heteroatoms. The highest BCUT2D eigenvalue weighted by Gasteiger charge is 2.35. The van der Waals surface area contributed by atoms with Gasteiger partial charge in [-0.25, -0.2) is 0 Å². The minimum Gasteiger partial charge on any atom is -0.325 e. The normalized spacial score (nSPS) is 35.2. The molecule has 0 radical (unpaired) electrons. The van der Waals surface area contributed by atoms with Crippen LogP contribution >= 0.6 is 0 Å². The van der Waals surface area contributed by atoms with Gasteiger partial charge in [-0.15, -0.1) is 0 Å². The lowest BCUT2D eigenvalue weighted by Crippen LogP contribution is -2.50. The van der Waals surface area contributed by atoms with Crippen molar-refractivity contribution in [3.8, 4) is 0 Å². The van der Waals surface area contributed by atoms with Crippen LogP contribution in [0.2, 0.25) is 0 Å². The molecule has 2 nitrogen and oxygen atoms in total. The third-order valence-electron chi connectivity index (χ3n) is 3.16. The van der Waals surface area contributed by atoms with Gasteiger partial charge in [0.05, 0.1) is 0 Å². The molecule has 1 heterocycles. The van der Waals surface area contributed by atoms with Gasteiger partial charge in [0.2, 0.25) is 0 Å². The van der Waals surface area contributed by atoms with Crippen molar-refractivity contribution >= 4 is 0 Å². The van der Waals surface area contributed by atoms with Crippen LogP contribution in [0.15, 0.2) is 0 Å². The largest absolute Gasteiger partial charge is 0.325 e. The van der Waals surface area contributed by atoms with Gasteiger partial charge in [0.1, 0.15) is 0 Å². The van der Waals surface area contributed by atoms with Crippen LogP contribution in [-0.2, 0) is 0 Å². The van der Waals surface area contributed by atoms with E-state index in [0.29, 0.717) is 0 Å². The monoisotopic (exact) mass is 154 g/mol. The third kappa shape index (κ3) is 1.57. The van der Waals surface area contributed by atoms with Gasteiger partial charge in [0, 0.05) is 11.6 Å². The predicted octanol–water partition coefficient (Wildman–Crippen LogP) is 1.01. The quantitative estimate of drug-likeness (QED) is 0.623. The summed E-state index contributed by atoms with van der Waals surface area (Å²) in [6.07, 6.45) is 7.77. The highest BCUT2D eigenvalue weighted by molar-refractivity contribution is 4.96. The summed E-state index contributed by atoms with van der Waals surface area (Å²) in [4.78, 5) is 0. The van der Waals surface area contributed by atoms with Gasteiger partial charge in [-0.1, -0.05) is 0 Å². The van der Waals surface area contributed by atoms with Crippen molar-refractivity contribution in [1.29, 1.82) is 0 Å². The van der Waals surface area contributed by atoms with E-state index in [1.165, 1.54) is 45.1 Å². The first-order chi connectivity index (χ1) is 5.29. The molecule has 1 aliphatic carbocycles. The summed E-state index contributed by atoms with van der Waals surface area (Å²) < 4.78 is 0. The summed E-state index contributed by atoms with van der Waals surface area (Å²) in [5, 5.41) is 3.50. The maximum atomic E-state index is 6.14. The van der Waals surface area contributed by atoms with Gasteiger partial charge in [-0.3, -0.25) is 0 Å². The second-order valence-electron chi connectivity index (χ2n) is 4.21. The molecule has 1 saturated carbocycles. The van der Waals surface area contributed by atoms with Gasteiger partial charge in [0.15, 0.2) is 0 Å². The summed E-state index contributed by atoms with van der Waals surface area (Å²) in [5.41, 5.74) is 6.37. The summed E-state index contributed by atoms with van der Waals surface area (Å²) in [6, 6.07) is 0.736. The molecule has 0 bridgehead atoms. The number of hydrogen-bond donors (Lipinski definition) is 2. The van der Waals surface area contributed by atoms with Gasteiger partial charge < -0.3 is 11.1 Å². The lowest BCUT2D eigenvalue weighted by molar-refractivity contribution is 0.211. The Bertz CT molecular complexity index is 134. The Morgan fingerprint density at radius 2 is 2.18 bits per heavy atom. The molecule has 1 unspecified atom stereocenters. The van der Waals surface area contributed by atoms with Crippen LogP contribution in [0, 0.1) is 0 Å². The number of hydrogen-bond acceptors (Lipinski definition) is 2. The molecule has 0 spiro atoms. The molecule has 2 aliphatic rings. The van der Waals surface area contributed by atoms with Gasteiger partial charge in [-0.05, 0) is 45.1 Å². The second kappa shape index (κ2) is 2.76. The number of rotatable bonds is 2. The smallest absolute Gasteiger partial charge is 0.0169 e. The first-order valence-corrected chi connectivity index (χ1v) is 4.81. The molecule has 0 aromatic heterocycles. The Hall–Kier alpha value is -0.0800. The Morgan fingerprint density at radius 3 is 2.64 bits per heavy atom. The summed E-state index contributed by atoms with van der Waals surface area (Å²) in [5.74, 6) is 0. The minimum atomic E-state index is 0.224. The Morgan fingerprint density at radius 1 is 1.36 bits per heavy atom. The first kappa shape index (κ1) is 7.56. The zero-order valence-corrected chi connectivity index (χ0v) is 7.10.